The number of benzene rings is 1. The molecule has 1 N–H and O–H groups in total. The van der Waals surface area contributed by atoms with E-state index >= 15 is 0 Å². The van der Waals surface area contributed by atoms with Crippen molar-refractivity contribution in [3.05, 3.63) is 34.3 Å². The molecule has 0 spiro atoms. The second kappa shape index (κ2) is 6.18. The lowest BCUT2D eigenvalue weighted by atomic mass is 9.79. The summed E-state index contributed by atoms with van der Waals surface area (Å²) in [4.78, 5) is 0. The van der Waals surface area contributed by atoms with E-state index in [-0.39, 0.29) is 5.60 Å². The lowest BCUT2D eigenvalue weighted by Crippen LogP contribution is -2.48. The van der Waals surface area contributed by atoms with Crippen LogP contribution < -0.4 is 5.32 Å². The molecule has 0 saturated heterocycles. The minimum atomic E-state index is 0.0967. The SMILES string of the molecule is CCC(NCC1(OC)CCC1)c1cccc(Br)c1. The molecule has 1 fully saturated rings. The van der Waals surface area contributed by atoms with E-state index in [0.29, 0.717) is 6.04 Å². The van der Waals surface area contributed by atoms with Crippen LogP contribution >= 0.6 is 15.9 Å². The smallest absolute Gasteiger partial charge is 0.0802 e. The van der Waals surface area contributed by atoms with Crippen LogP contribution in [0.2, 0.25) is 0 Å². The zero-order valence-corrected chi connectivity index (χ0v) is 12.8. The zero-order valence-electron chi connectivity index (χ0n) is 11.2. The second-order valence-electron chi connectivity index (χ2n) is 5.14. The van der Waals surface area contributed by atoms with Crippen molar-refractivity contribution in [2.45, 2.75) is 44.2 Å². The zero-order chi connectivity index (χ0) is 13.0. The van der Waals surface area contributed by atoms with Crippen LogP contribution in [0, 0.1) is 0 Å². The van der Waals surface area contributed by atoms with Gasteiger partial charge in [-0.1, -0.05) is 35.0 Å². The maximum atomic E-state index is 5.66. The first-order valence-electron chi connectivity index (χ1n) is 6.73. The molecule has 1 aliphatic carbocycles. The molecule has 1 atom stereocenters. The molecule has 0 aromatic heterocycles. The molecule has 3 heteroatoms. The fourth-order valence-corrected chi connectivity index (χ4v) is 2.97. The lowest BCUT2D eigenvalue weighted by Gasteiger charge is -2.41. The van der Waals surface area contributed by atoms with Crippen LogP contribution in [0.4, 0.5) is 0 Å². The molecule has 1 aromatic carbocycles. The number of methoxy groups -OCH3 is 1. The normalized spacial score (nSPS) is 19.3. The Bertz CT molecular complexity index is 384. The number of hydrogen-bond acceptors (Lipinski definition) is 2. The average molecular weight is 312 g/mol. The van der Waals surface area contributed by atoms with Gasteiger partial charge in [0.25, 0.3) is 0 Å². The number of hydrogen-bond donors (Lipinski definition) is 1. The highest BCUT2D eigenvalue weighted by molar-refractivity contribution is 9.10. The summed E-state index contributed by atoms with van der Waals surface area (Å²) in [6.07, 6.45) is 4.76. The molecule has 1 saturated carbocycles. The van der Waals surface area contributed by atoms with Crippen LogP contribution in [-0.4, -0.2) is 19.3 Å². The van der Waals surface area contributed by atoms with Crippen LogP contribution in [0.3, 0.4) is 0 Å². The molecule has 0 radical (unpaired) electrons. The molecular weight excluding hydrogens is 290 g/mol. The molecule has 1 unspecified atom stereocenters. The van der Waals surface area contributed by atoms with Crippen LogP contribution in [0.5, 0.6) is 0 Å². The highest BCUT2D eigenvalue weighted by atomic mass is 79.9. The Kier molecular flexibility index (Phi) is 4.82. The Labute approximate surface area is 118 Å². The Hall–Kier alpha value is -0.380. The quantitative estimate of drug-likeness (QED) is 0.855. The van der Waals surface area contributed by atoms with Gasteiger partial charge < -0.3 is 10.1 Å². The summed E-state index contributed by atoms with van der Waals surface area (Å²) >= 11 is 3.54. The highest BCUT2D eigenvalue weighted by Crippen LogP contribution is 2.35. The summed E-state index contributed by atoms with van der Waals surface area (Å²) in [5, 5.41) is 3.66. The maximum absolute atomic E-state index is 5.66. The van der Waals surface area contributed by atoms with Gasteiger partial charge in [0.2, 0.25) is 0 Å². The van der Waals surface area contributed by atoms with E-state index in [2.05, 4.69) is 52.4 Å². The molecule has 0 heterocycles. The summed E-state index contributed by atoms with van der Waals surface area (Å²) < 4.78 is 6.80. The van der Waals surface area contributed by atoms with Gasteiger partial charge in [-0.2, -0.15) is 0 Å². The van der Waals surface area contributed by atoms with Crippen LogP contribution in [0.25, 0.3) is 0 Å². The van der Waals surface area contributed by atoms with Crippen molar-refractivity contribution < 1.29 is 4.74 Å². The van der Waals surface area contributed by atoms with Crippen molar-refractivity contribution in [3.63, 3.8) is 0 Å². The van der Waals surface area contributed by atoms with Gasteiger partial charge >= 0.3 is 0 Å². The number of rotatable bonds is 6. The van der Waals surface area contributed by atoms with E-state index in [1.165, 1.54) is 24.8 Å². The van der Waals surface area contributed by atoms with Crippen molar-refractivity contribution in [2.75, 3.05) is 13.7 Å². The molecule has 18 heavy (non-hydrogen) atoms. The predicted molar refractivity (Wildman–Crippen MR) is 78.8 cm³/mol. The van der Waals surface area contributed by atoms with Crippen molar-refractivity contribution >= 4 is 15.9 Å². The molecule has 2 nitrogen and oxygen atoms in total. The molecule has 0 amide bonds. The molecular formula is C15H22BrNO. The standard InChI is InChI=1S/C15H22BrNO/c1-3-14(12-6-4-7-13(16)10-12)17-11-15(18-2)8-5-9-15/h4,6-7,10,14,17H,3,5,8-9,11H2,1-2H3. The summed E-state index contributed by atoms with van der Waals surface area (Å²) in [5.74, 6) is 0. The van der Waals surface area contributed by atoms with Crippen molar-refractivity contribution in [3.8, 4) is 0 Å². The first-order valence-corrected chi connectivity index (χ1v) is 7.52. The van der Waals surface area contributed by atoms with Gasteiger partial charge in [-0.05, 0) is 43.4 Å². The Morgan fingerprint density at radius 1 is 1.44 bits per heavy atom. The predicted octanol–water partition coefficient (Wildman–Crippen LogP) is 4.06. The molecule has 2 rings (SSSR count). The molecule has 1 aromatic rings. The number of halogens is 1. The van der Waals surface area contributed by atoms with Crippen molar-refractivity contribution in [2.24, 2.45) is 0 Å². The third-order valence-electron chi connectivity index (χ3n) is 4.03. The first-order chi connectivity index (χ1) is 8.69. The summed E-state index contributed by atoms with van der Waals surface area (Å²) in [6, 6.07) is 8.96. The Morgan fingerprint density at radius 2 is 2.22 bits per heavy atom. The van der Waals surface area contributed by atoms with Crippen LogP contribution in [-0.2, 0) is 4.74 Å². The van der Waals surface area contributed by atoms with Gasteiger partial charge in [0, 0.05) is 24.2 Å². The van der Waals surface area contributed by atoms with Gasteiger partial charge in [-0.3, -0.25) is 0 Å². The fourth-order valence-electron chi connectivity index (χ4n) is 2.55. The molecule has 100 valence electrons. The second-order valence-corrected chi connectivity index (χ2v) is 6.05. The van der Waals surface area contributed by atoms with E-state index < -0.39 is 0 Å². The topological polar surface area (TPSA) is 21.3 Å². The molecule has 1 aliphatic rings. The third kappa shape index (κ3) is 3.14. The fraction of sp³-hybridized carbons (Fsp3) is 0.600. The highest BCUT2D eigenvalue weighted by Gasteiger charge is 2.37. The van der Waals surface area contributed by atoms with Gasteiger partial charge in [-0.15, -0.1) is 0 Å². The van der Waals surface area contributed by atoms with E-state index in [0.717, 1.165) is 17.4 Å². The van der Waals surface area contributed by atoms with Crippen LogP contribution in [0.1, 0.15) is 44.2 Å². The monoisotopic (exact) mass is 311 g/mol. The molecule has 0 bridgehead atoms. The van der Waals surface area contributed by atoms with Gasteiger partial charge in [0.1, 0.15) is 0 Å². The first kappa shape index (κ1) is 14.0. The Balaban J connectivity index is 1.97. The Morgan fingerprint density at radius 3 is 2.72 bits per heavy atom. The number of nitrogens with one attached hydrogen (secondary N) is 1. The van der Waals surface area contributed by atoms with E-state index in [4.69, 9.17) is 4.74 Å². The maximum Gasteiger partial charge on any atom is 0.0802 e. The average Bonchev–Trinajstić information content (AvgIpc) is 2.33. The number of ether oxygens (including phenoxy) is 1. The van der Waals surface area contributed by atoms with Crippen LogP contribution in [0.15, 0.2) is 28.7 Å². The summed E-state index contributed by atoms with van der Waals surface area (Å²) in [5.41, 5.74) is 1.44. The summed E-state index contributed by atoms with van der Waals surface area (Å²) in [6.45, 7) is 3.17. The van der Waals surface area contributed by atoms with Crippen molar-refractivity contribution in [1.82, 2.24) is 5.32 Å². The van der Waals surface area contributed by atoms with E-state index in [9.17, 15) is 0 Å². The van der Waals surface area contributed by atoms with Gasteiger partial charge in [0.15, 0.2) is 0 Å². The van der Waals surface area contributed by atoms with E-state index in [1.54, 1.807) is 0 Å². The minimum absolute atomic E-state index is 0.0967. The van der Waals surface area contributed by atoms with Gasteiger partial charge in [0.05, 0.1) is 5.60 Å². The van der Waals surface area contributed by atoms with Crippen molar-refractivity contribution in [1.29, 1.82) is 0 Å². The largest absolute Gasteiger partial charge is 0.377 e. The third-order valence-corrected chi connectivity index (χ3v) is 4.52. The van der Waals surface area contributed by atoms with E-state index in [1.807, 2.05) is 7.11 Å². The minimum Gasteiger partial charge on any atom is -0.377 e. The van der Waals surface area contributed by atoms with Gasteiger partial charge in [-0.25, -0.2) is 0 Å². The molecule has 0 aliphatic heterocycles. The summed E-state index contributed by atoms with van der Waals surface area (Å²) in [7, 11) is 1.83. The lowest BCUT2D eigenvalue weighted by molar-refractivity contribution is -0.0709.